The Morgan fingerprint density at radius 2 is 2.31 bits per heavy atom. The minimum Gasteiger partial charge on any atom is -0.451 e. The zero-order chi connectivity index (χ0) is 11.2. The Kier molecular flexibility index (Phi) is 1.94. The van der Waals surface area contributed by atoms with Crippen LogP contribution in [-0.2, 0) is 15.1 Å². The summed E-state index contributed by atoms with van der Waals surface area (Å²) in [5.74, 6) is -0.229. The van der Waals surface area contributed by atoms with E-state index in [9.17, 15) is 4.79 Å². The predicted molar refractivity (Wildman–Crippen MR) is 59.9 cm³/mol. The number of nitrogens with one attached hydrogen (secondary N) is 2. The molecule has 3 rings (SSSR count). The van der Waals surface area contributed by atoms with Crippen LogP contribution in [0.4, 0.5) is 5.69 Å². The highest BCUT2D eigenvalue weighted by atomic mass is 16.6. The van der Waals surface area contributed by atoms with Gasteiger partial charge in [0.25, 0.3) is 0 Å². The van der Waals surface area contributed by atoms with Gasteiger partial charge >= 0.3 is 5.97 Å². The highest BCUT2D eigenvalue weighted by Gasteiger charge is 2.52. The van der Waals surface area contributed by atoms with Crippen molar-refractivity contribution in [1.29, 1.82) is 0 Å². The Bertz CT molecular complexity index is 446. The van der Waals surface area contributed by atoms with Gasteiger partial charge in [0.15, 0.2) is 5.60 Å². The molecule has 0 bridgehead atoms. The second-order valence-corrected chi connectivity index (χ2v) is 4.31. The highest BCUT2D eigenvalue weighted by molar-refractivity contribution is 5.70. The van der Waals surface area contributed by atoms with E-state index in [0.717, 1.165) is 24.2 Å². The molecule has 2 heterocycles. The molecule has 2 unspecified atom stereocenters. The Hall–Kier alpha value is -1.55. The van der Waals surface area contributed by atoms with Gasteiger partial charge in [0.2, 0.25) is 0 Å². The van der Waals surface area contributed by atoms with Gasteiger partial charge in [0, 0.05) is 31.1 Å². The molecule has 1 aromatic rings. The van der Waals surface area contributed by atoms with Gasteiger partial charge < -0.3 is 10.1 Å². The van der Waals surface area contributed by atoms with E-state index in [2.05, 4.69) is 10.6 Å². The third-order valence-corrected chi connectivity index (χ3v) is 3.32. The summed E-state index contributed by atoms with van der Waals surface area (Å²) in [6.07, 6.45) is 0.829. The maximum absolute atomic E-state index is 11.3. The molecular weight excluding hydrogens is 204 g/mol. The minimum atomic E-state index is -0.511. The van der Waals surface area contributed by atoms with Gasteiger partial charge in [0.1, 0.15) is 6.17 Å². The molecule has 4 nitrogen and oxygen atoms in total. The van der Waals surface area contributed by atoms with Crippen LogP contribution in [-0.4, -0.2) is 18.7 Å². The lowest BCUT2D eigenvalue weighted by molar-refractivity contribution is -0.158. The average Bonchev–Trinajstić information content (AvgIpc) is 2.72. The van der Waals surface area contributed by atoms with E-state index in [4.69, 9.17) is 4.74 Å². The number of anilines is 1. The highest BCUT2D eigenvalue weighted by Crippen LogP contribution is 2.45. The number of hydrogen-bond donors (Lipinski definition) is 2. The number of carbonyl (C=O) groups excluding carboxylic acids is 1. The molecule has 4 heteroatoms. The van der Waals surface area contributed by atoms with Crippen molar-refractivity contribution >= 4 is 11.7 Å². The number of rotatable bonds is 1. The third-order valence-electron chi connectivity index (χ3n) is 3.32. The summed E-state index contributed by atoms with van der Waals surface area (Å²) in [5.41, 5.74) is 1.63. The number of carbonyl (C=O) groups is 1. The van der Waals surface area contributed by atoms with Crippen LogP contribution in [0.2, 0.25) is 0 Å². The molecule has 2 atom stereocenters. The molecule has 0 aromatic heterocycles. The first-order chi connectivity index (χ1) is 7.72. The lowest BCUT2D eigenvalue weighted by atomic mass is 9.92. The normalized spacial score (nSPS) is 30.4. The van der Waals surface area contributed by atoms with E-state index in [0.29, 0.717) is 0 Å². The number of hydrogen-bond acceptors (Lipinski definition) is 4. The van der Waals surface area contributed by atoms with Crippen molar-refractivity contribution < 1.29 is 9.53 Å². The van der Waals surface area contributed by atoms with Crippen LogP contribution in [0.25, 0.3) is 0 Å². The van der Waals surface area contributed by atoms with Crippen LogP contribution < -0.4 is 10.6 Å². The maximum Gasteiger partial charge on any atom is 0.303 e. The first-order valence-corrected chi connectivity index (χ1v) is 5.51. The predicted octanol–water partition coefficient (Wildman–Crippen LogP) is 1.19. The van der Waals surface area contributed by atoms with Crippen molar-refractivity contribution in [3.05, 3.63) is 29.8 Å². The van der Waals surface area contributed by atoms with Gasteiger partial charge in [-0.2, -0.15) is 0 Å². The van der Waals surface area contributed by atoms with Crippen molar-refractivity contribution in [3.8, 4) is 0 Å². The van der Waals surface area contributed by atoms with Crippen molar-refractivity contribution in [3.63, 3.8) is 0 Å². The monoisotopic (exact) mass is 218 g/mol. The van der Waals surface area contributed by atoms with E-state index in [1.54, 1.807) is 0 Å². The van der Waals surface area contributed by atoms with Gasteiger partial charge in [-0.05, 0) is 6.07 Å². The van der Waals surface area contributed by atoms with Crippen molar-refractivity contribution in [2.75, 3.05) is 11.9 Å². The Labute approximate surface area is 94.0 Å². The van der Waals surface area contributed by atoms with E-state index in [1.807, 2.05) is 24.3 Å². The van der Waals surface area contributed by atoms with Crippen LogP contribution >= 0.6 is 0 Å². The Morgan fingerprint density at radius 3 is 3.12 bits per heavy atom. The Morgan fingerprint density at radius 1 is 1.50 bits per heavy atom. The molecule has 1 saturated heterocycles. The first-order valence-electron chi connectivity index (χ1n) is 5.51. The average molecular weight is 218 g/mol. The Balaban J connectivity index is 2.09. The summed E-state index contributed by atoms with van der Waals surface area (Å²) >= 11 is 0. The quantitative estimate of drug-likeness (QED) is 0.695. The second-order valence-electron chi connectivity index (χ2n) is 4.31. The third kappa shape index (κ3) is 1.16. The maximum atomic E-state index is 11.3. The summed E-state index contributed by atoms with van der Waals surface area (Å²) in [4.78, 5) is 11.3. The molecule has 0 radical (unpaired) electrons. The van der Waals surface area contributed by atoms with E-state index < -0.39 is 5.60 Å². The van der Waals surface area contributed by atoms with Crippen molar-refractivity contribution in [2.45, 2.75) is 25.1 Å². The summed E-state index contributed by atoms with van der Waals surface area (Å²) < 4.78 is 5.59. The molecule has 1 fully saturated rings. The topological polar surface area (TPSA) is 50.4 Å². The fourth-order valence-corrected chi connectivity index (χ4v) is 2.72. The van der Waals surface area contributed by atoms with E-state index >= 15 is 0 Å². The lowest BCUT2D eigenvalue weighted by Gasteiger charge is -2.28. The van der Waals surface area contributed by atoms with Crippen LogP contribution in [0.5, 0.6) is 0 Å². The largest absolute Gasteiger partial charge is 0.451 e. The molecule has 2 N–H and O–H groups in total. The fourth-order valence-electron chi connectivity index (χ4n) is 2.72. The molecule has 2 aliphatic heterocycles. The molecular formula is C12H14N2O2. The summed E-state index contributed by atoms with van der Waals surface area (Å²) in [6.45, 7) is 2.32. The van der Waals surface area contributed by atoms with Gasteiger partial charge in [-0.25, -0.2) is 0 Å². The summed E-state index contributed by atoms with van der Waals surface area (Å²) in [6, 6.07) is 8.00. The number of para-hydroxylation sites is 1. The molecule has 2 aliphatic rings. The zero-order valence-electron chi connectivity index (χ0n) is 9.12. The lowest BCUT2D eigenvalue weighted by Crippen LogP contribution is -2.43. The van der Waals surface area contributed by atoms with Crippen LogP contribution in [0, 0.1) is 0 Å². The summed E-state index contributed by atoms with van der Waals surface area (Å²) in [7, 11) is 0. The van der Waals surface area contributed by atoms with Crippen molar-refractivity contribution in [1.82, 2.24) is 5.32 Å². The van der Waals surface area contributed by atoms with Crippen molar-refractivity contribution in [2.24, 2.45) is 0 Å². The van der Waals surface area contributed by atoms with Gasteiger partial charge in [0.05, 0.1) is 0 Å². The number of ether oxygens (including phenoxy) is 1. The summed E-state index contributed by atoms with van der Waals surface area (Å²) in [5, 5.41) is 6.68. The number of esters is 1. The zero-order valence-corrected chi connectivity index (χ0v) is 9.12. The number of fused-ring (bicyclic) bond motifs is 3. The van der Waals surface area contributed by atoms with E-state index in [1.165, 1.54) is 6.92 Å². The molecule has 0 saturated carbocycles. The molecule has 84 valence electrons. The molecule has 0 amide bonds. The van der Waals surface area contributed by atoms with Gasteiger partial charge in [-0.3, -0.25) is 10.1 Å². The van der Waals surface area contributed by atoms with Gasteiger partial charge in [-0.15, -0.1) is 0 Å². The smallest absolute Gasteiger partial charge is 0.303 e. The first kappa shape index (κ1) is 9.66. The molecule has 1 aromatic carbocycles. The van der Waals surface area contributed by atoms with Crippen LogP contribution in [0.1, 0.15) is 18.9 Å². The molecule has 16 heavy (non-hydrogen) atoms. The van der Waals surface area contributed by atoms with Crippen LogP contribution in [0.3, 0.4) is 0 Å². The van der Waals surface area contributed by atoms with Crippen LogP contribution in [0.15, 0.2) is 24.3 Å². The second kappa shape index (κ2) is 3.22. The fraction of sp³-hybridized carbons (Fsp3) is 0.417. The van der Waals surface area contributed by atoms with E-state index in [-0.39, 0.29) is 12.1 Å². The standard InChI is InChI=1S/C12H14N2O2/c1-8(15)16-12-6-7-13-11(12)14-10-5-3-2-4-9(10)12/h2-5,11,13-14H,6-7H2,1H3. The molecule has 0 aliphatic carbocycles. The SMILES string of the molecule is CC(=O)OC12CCNC1Nc1ccccc12. The minimum absolute atomic E-state index is 0.00815. The number of benzene rings is 1. The molecule has 0 spiro atoms. The van der Waals surface area contributed by atoms with Gasteiger partial charge in [-0.1, -0.05) is 18.2 Å².